The van der Waals surface area contributed by atoms with E-state index in [1.807, 2.05) is 43.6 Å². The quantitative estimate of drug-likeness (QED) is 0.434. The lowest BCUT2D eigenvalue weighted by Gasteiger charge is -2.09. The minimum atomic E-state index is 0.0721. The first-order valence-corrected chi connectivity index (χ1v) is 10.2. The summed E-state index contributed by atoms with van der Waals surface area (Å²) in [7, 11) is 0. The molecule has 27 heavy (non-hydrogen) atoms. The first-order chi connectivity index (χ1) is 13.3. The Morgan fingerprint density at radius 3 is 2.33 bits per heavy atom. The first-order valence-electron chi connectivity index (χ1n) is 10.2. The molecule has 4 nitrogen and oxygen atoms in total. The Kier molecular flexibility index (Phi) is 9.34. The van der Waals surface area contributed by atoms with E-state index in [0.717, 1.165) is 36.4 Å². The fourth-order valence-corrected chi connectivity index (χ4v) is 2.94. The van der Waals surface area contributed by atoms with E-state index in [9.17, 15) is 0 Å². The standard InChI is InChI=1S/C23H31N3O/c1-3-5-6-7-8-9-20-17-25-23(26-18-20)21-10-12-22(13-11-21)27-15-14-19(4-2)16-24/h10-13,17-19H,3-9,14-15H2,1-2H3. The molecule has 0 bridgehead atoms. The molecule has 1 aromatic carbocycles. The monoisotopic (exact) mass is 365 g/mol. The number of nitriles is 1. The lowest BCUT2D eigenvalue weighted by atomic mass is 10.1. The van der Waals surface area contributed by atoms with E-state index >= 15 is 0 Å². The summed E-state index contributed by atoms with van der Waals surface area (Å²) in [6.45, 7) is 4.83. The average Bonchev–Trinajstić information content (AvgIpc) is 2.72. The van der Waals surface area contributed by atoms with Gasteiger partial charge in [-0.3, -0.25) is 0 Å². The normalized spacial score (nSPS) is 11.7. The third-order valence-electron chi connectivity index (χ3n) is 4.80. The number of unbranched alkanes of at least 4 members (excludes halogenated alkanes) is 4. The van der Waals surface area contributed by atoms with Crippen LogP contribution in [0, 0.1) is 17.2 Å². The molecule has 0 aliphatic heterocycles. The van der Waals surface area contributed by atoms with Crippen molar-refractivity contribution in [3.8, 4) is 23.2 Å². The highest BCUT2D eigenvalue weighted by Gasteiger charge is 2.06. The Bertz CT molecular complexity index is 689. The largest absolute Gasteiger partial charge is 0.494 e. The highest BCUT2D eigenvalue weighted by Crippen LogP contribution is 2.20. The van der Waals surface area contributed by atoms with Gasteiger partial charge in [0.15, 0.2) is 5.82 Å². The van der Waals surface area contributed by atoms with Gasteiger partial charge in [0.05, 0.1) is 12.7 Å². The molecule has 1 atom stereocenters. The summed E-state index contributed by atoms with van der Waals surface area (Å²) in [5, 5.41) is 8.97. The van der Waals surface area contributed by atoms with Crippen LogP contribution in [0.5, 0.6) is 5.75 Å². The van der Waals surface area contributed by atoms with Crippen LogP contribution in [0.4, 0.5) is 0 Å². The van der Waals surface area contributed by atoms with Crippen LogP contribution < -0.4 is 4.74 Å². The van der Waals surface area contributed by atoms with E-state index in [4.69, 9.17) is 10.00 Å². The molecular formula is C23H31N3O. The Balaban J connectivity index is 1.81. The molecule has 1 aromatic heterocycles. The summed E-state index contributed by atoms with van der Waals surface area (Å²) in [6.07, 6.45) is 13.0. The van der Waals surface area contributed by atoms with Gasteiger partial charge >= 0.3 is 0 Å². The van der Waals surface area contributed by atoms with Gasteiger partial charge in [-0.15, -0.1) is 0 Å². The molecule has 0 fully saturated rings. The van der Waals surface area contributed by atoms with Crippen molar-refractivity contribution in [2.45, 2.75) is 65.2 Å². The smallest absolute Gasteiger partial charge is 0.159 e. The van der Waals surface area contributed by atoms with Gasteiger partial charge < -0.3 is 4.74 Å². The van der Waals surface area contributed by atoms with Crippen LogP contribution in [0.3, 0.4) is 0 Å². The maximum Gasteiger partial charge on any atom is 0.159 e. The SMILES string of the molecule is CCCCCCCc1cnc(-c2ccc(OCCC(C#N)CC)cc2)nc1. The van der Waals surface area contributed by atoms with E-state index in [1.54, 1.807) is 0 Å². The number of hydrogen-bond donors (Lipinski definition) is 0. The number of hydrogen-bond acceptors (Lipinski definition) is 4. The minimum Gasteiger partial charge on any atom is -0.494 e. The Morgan fingerprint density at radius 1 is 1.00 bits per heavy atom. The van der Waals surface area contributed by atoms with Crippen molar-refractivity contribution in [3.05, 3.63) is 42.2 Å². The Hall–Kier alpha value is -2.41. The van der Waals surface area contributed by atoms with Crippen molar-refractivity contribution in [2.24, 2.45) is 5.92 Å². The molecule has 0 saturated heterocycles. The molecule has 0 radical (unpaired) electrons. The molecule has 0 aliphatic rings. The number of rotatable bonds is 12. The molecule has 2 rings (SSSR count). The predicted octanol–water partition coefficient (Wildman–Crippen LogP) is 5.98. The van der Waals surface area contributed by atoms with Crippen LogP contribution in [0.15, 0.2) is 36.7 Å². The third kappa shape index (κ3) is 7.38. The van der Waals surface area contributed by atoms with Crippen molar-refractivity contribution in [3.63, 3.8) is 0 Å². The molecule has 0 spiro atoms. The summed E-state index contributed by atoms with van der Waals surface area (Å²) < 4.78 is 5.73. The minimum absolute atomic E-state index is 0.0721. The zero-order valence-electron chi connectivity index (χ0n) is 16.7. The second-order valence-corrected chi connectivity index (χ2v) is 6.97. The molecule has 1 heterocycles. The van der Waals surface area contributed by atoms with E-state index in [0.29, 0.717) is 6.61 Å². The third-order valence-corrected chi connectivity index (χ3v) is 4.80. The van der Waals surface area contributed by atoms with E-state index in [-0.39, 0.29) is 5.92 Å². The van der Waals surface area contributed by atoms with Crippen molar-refractivity contribution in [1.29, 1.82) is 5.26 Å². The molecule has 0 amide bonds. The molecule has 4 heteroatoms. The summed E-state index contributed by atoms with van der Waals surface area (Å²) in [5.74, 6) is 1.63. The van der Waals surface area contributed by atoms with Crippen molar-refractivity contribution in [2.75, 3.05) is 6.61 Å². The molecule has 0 aliphatic carbocycles. The molecule has 2 aromatic rings. The maximum absolute atomic E-state index is 8.97. The van der Waals surface area contributed by atoms with Crippen molar-refractivity contribution in [1.82, 2.24) is 9.97 Å². The van der Waals surface area contributed by atoms with Gasteiger partial charge in [-0.1, -0.05) is 39.5 Å². The first kappa shape index (κ1) is 20.9. The maximum atomic E-state index is 8.97. The zero-order valence-corrected chi connectivity index (χ0v) is 16.7. The average molecular weight is 366 g/mol. The van der Waals surface area contributed by atoms with Gasteiger partial charge in [-0.2, -0.15) is 5.26 Å². The van der Waals surface area contributed by atoms with Crippen molar-refractivity contribution >= 4 is 0 Å². The van der Waals surface area contributed by atoms with Gasteiger partial charge in [-0.25, -0.2) is 9.97 Å². The number of nitrogens with zero attached hydrogens (tertiary/aromatic N) is 3. The van der Waals surface area contributed by atoms with Gasteiger partial charge in [0, 0.05) is 23.9 Å². The highest BCUT2D eigenvalue weighted by atomic mass is 16.5. The van der Waals surface area contributed by atoms with E-state index in [1.165, 1.54) is 37.7 Å². The van der Waals surface area contributed by atoms with E-state index in [2.05, 4.69) is 23.0 Å². The van der Waals surface area contributed by atoms with Crippen LogP contribution in [-0.2, 0) is 6.42 Å². The van der Waals surface area contributed by atoms with Gasteiger partial charge in [0.2, 0.25) is 0 Å². The molecule has 0 N–H and O–H groups in total. The summed E-state index contributed by atoms with van der Waals surface area (Å²) >= 11 is 0. The van der Waals surface area contributed by atoms with Gasteiger partial charge in [-0.05, 0) is 55.5 Å². The lowest BCUT2D eigenvalue weighted by Crippen LogP contribution is -2.04. The molecule has 144 valence electrons. The topological polar surface area (TPSA) is 58.8 Å². The van der Waals surface area contributed by atoms with Gasteiger partial charge in [0.1, 0.15) is 5.75 Å². The van der Waals surface area contributed by atoms with E-state index < -0.39 is 0 Å². The predicted molar refractivity (Wildman–Crippen MR) is 109 cm³/mol. The van der Waals surface area contributed by atoms with Crippen LogP contribution in [0.2, 0.25) is 0 Å². The molecule has 1 unspecified atom stereocenters. The van der Waals surface area contributed by atoms with Crippen LogP contribution in [-0.4, -0.2) is 16.6 Å². The second kappa shape index (κ2) is 12.1. The highest BCUT2D eigenvalue weighted by molar-refractivity contribution is 5.55. The molecule has 0 saturated carbocycles. The Labute approximate surface area is 163 Å². The van der Waals surface area contributed by atoms with Crippen molar-refractivity contribution < 1.29 is 4.74 Å². The summed E-state index contributed by atoms with van der Waals surface area (Å²) in [6, 6.07) is 10.1. The zero-order chi connectivity index (χ0) is 19.3. The molecular weight excluding hydrogens is 334 g/mol. The van der Waals surface area contributed by atoms with Crippen LogP contribution in [0.25, 0.3) is 11.4 Å². The fourth-order valence-electron chi connectivity index (χ4n) is 2.94. The number of ether oxygens (including phenoxy) is 1. The Morgan fingerprint density at radius 2 is 1.70 bits per heavy atom. The number of benzene rings is 1. The van der Waals surface area contributed by atoms with Gasteiger partial charge in [0.25, 0.3) is 0 Å². The number of aromatic nitrogens is 2. The number of aryl methyl sites for hydroxylation is 1. The second-order valence-electron chi connectivity index (χ2n) is 6.97. The van der Waals surface area contributed by atoms with Crippen LogP contribution in [0.1, 0.15) is 64.4 Å². The fraction of sp³-hybridized carbons (Fsp3) is 0.522. The summed E-state index contributed by atoms with van der Waals surface area (Å²) in [5.41, 5.74) is 2.19. The van der Waals surface area contributed by atoms with Crippen LogP contribution >= 0.6 is 0 Å². The summed E-state index contributed by atoms with van der Waals surface area (Å²) in [4.78, 5) is 9.03. The lowest BCUT2D eigenvalue weighted by molar-refractivity contribution is 0.291.